The molecule has 7 heteroatoms. The van der Waals surface area contributed by atoms with Crippen molar-refractivity contribution in [1.82, 2.24) is 9.80 Å². The van der Waals surface area contributed by atoms with Gasteiger partial charge in [0.05, 0.1) is 19.8 Å². The minimum atomic E-state index is -0.215. The lowest BCUT2D eigenvalue weighted by Gasteiger charge is -2.43. The molecule has 1 aromatic heterocycles. The van der Waals surface area contributed by atoms with Crippen LogP contribution in [0.3, 0.4) is 0 Å². The molecule has 1 aromatic carbocycles. The van der Waals surface area contributed by atoms with Crippen LogP contribution >= 0.6 is 11.3 Å². The van der Waals surface area contributed by atoms with Crippen molar-refractivity contribution in [3.8, 4) is 0 Å². The van der Waals surface area contributed by atoms with Crippen LogP contribution in [0.1, 0.15) is 44.0 Å². The molecule has 6 nitrogen and oxygen atoms in total. The fraction of sp³-hybridized carbons (Fsp3) is 0.478. The minimum absolute atomic E-state index is 0.00147. The van der Waals surface area contributed by atoms with E-state index in [9.17, 15) is 9.59 Å². The highest BCUT2D eigenvalue weighted by Gasteiger charge is 2.42. The molecule has 0 saturated carbocycles. The maximum Gasteiger partial charge on any atom is 0.254 e. The average molecular weight is 427 g/mol. The highest BCUT2D eigenvalue weighted by Crippen LogP contribution is 2.44. The third-order valence-corrected chi connectivity index (χ3v) is 7.59. The molecule has 2 amide bonds. The molecular formula is C23H26N2O4S. The van der Waals surface area contributed by atoms with Crippen LogP contribution in [0.4, 0.5) is 0 Å². The number of hydrogen-bond donors (Lipinski definition) is 0. The van der Waals surface area contributed by atoms with E-state index in [1.54, 1.807) is 40.5 Å². The van der Waals surface area contributed by atoms with Gasteiger partial charge in [-0.3, -0.25) is 9.59 Å². The fourth-order valence-corrected chi connectivity index (χ4v) is 5.85. The van der Waals surface area contributed by atoms with Gasteiger partial charge in [0.2, 0.25) is 0 Å². The molecule has 0 radical (unpaired) electrons. The van der Waals surface area contributed by atoms with E-state index in [0.29, 0.717) is 50.5 Å². The molecule has 2 aromatic rings. The fourth-order valence-electron chi connectivity index (χ4n) is 4.68. The Bertz CT molecular complexity index is 925. The summed E-state index contributed by atoms with van der Waals surface area (Å²) in [6.45, 7) is 4.52. The van der Waals surface area contributed by atoms with Crippen LogP contribution in [0.25, 0.3) is 0 Å². The first-order valence-electron chi connectivity index (χ1n) is 10.6. The number of rotatable bonds is 2. The number of benzene rings is 1. The van der Waals surface area contributed by atoms with Crippen molar-refractivity contribution >= 4 is 23.2 Å². The molecule has 0 atom stereocenters. The van der Waals surface area contributed by atoms with Gasteiger partial charge in [-0.15, -0.1) is 11.3 Å². The van der Waals surface area contributed by atoms with Crippen LogP contribution in [0.2, 0.25) is 0 Å². The van der Waals surface area contributed by atoms with Crippen molar-refractivity contribution in [3.05, 3.63) is 57.3 Å². The first kappa shape index (κ1) is 19.7. The lowest BCUT2D eigenvalue weighted by Crippen LogP contribution is -2.47. The van der Waals surface area contributed by atoms with Crippen molar-refractivity contribution in [2.75, 3.05) is 46.0 Å². The third kappa shape index (κ3) is 3.55. The standard InChI is InChI=1S/C23H26N2O4S/c26-21(18-1-3-19(4-2-18)22(27)25-11-14-28-15-12-25)24-9-7-23(8-10-24)20-17(5-13-29-23)6-16-30-20/h1-4,6,16H,5,7-15H2. The molecule has 30 heavy (non-hydrogen) atoms. The Balaban J connectivity index is 1.24. The van der Waals surface area contributed by atoms with E-state index in [0.717, 1.165) is 25.9 Å². The van der Waals surface area contributed by atoms with E-state index >= 15 is 0 Å². The topological polar surface area (TPSA) is 59.1 Å². The predicted octanol–water partition coefficient (Wildman–Crippen LogP) is 2.92. The van der Waals surface area contributed by atoms with Gasteiger partial charge in [0.15, 0.2) is 0 Å². The van der Waals surface area contributed by atoms with Crippen molar-refractivity contribution in [2.24, 2.45) is 0 Å². The summed E-state index contributed by atoms with van der Waals surface area (Å²) in [6, 6.07) is 9.28. The highest BCUT2D eigenvalue weighted by atomic mass is 32.1. The van der Waals surface area contributed by atoms with Gasteiger partial charge >= 0.3 is 0 Å². The molecular weight excluding hydrogens is 400 g/mol. The van der Waals surface area contributed by atoms with Crippen molar-refractivity contribution < 1.29 is 19.1 Å². The number of morpholine rings is 1. The first-order valence-corrected chi connectivity index (χ1v) is 11.5. The Morgan fingerprint density at radius 1 is 0.833 bits per heavy atom. The van der Waals surface area contributed by atoms with Crippen molar-refractivity contribution in [1.29, 1.82) is 0 Å². The van der Waals surface area contributed by atoms with Gasteiger partial charge in [0.1, 0.15) is 5.60 Å². The van der Waals surface area contributed by atoms with Crippen LogP contribution in [-0.2, 0) is 21.5 Å². The molecule has 158 valence electrons. The summed E-state index contributed by atoms with van der Waals surface area (Å²) in [4.78, 5) is 30.7. The Labute approximate surface area is 180 Å². The Morgan fingerprint density at radius 2 is 1.43 bits per heavy atom. The van der Waals surface area contributed by atoms with Crippen LogP contribution in [0.15, 0.2) is 35.7 Å². The van der Waals surface area contributed by atoms with Gasteiger partial charge < -0.3 is 19.3 Å². The summed E-state index contributed by atoms with van der Waals surface area (Å²) in [5.74, 6) is 0.0239. The summed E-state index contributed by atoms with van der Waals surface area (Å²) in [5.41, 5.74) is 2.44. The number of amides is 2. The second-order valence-corrected chi connectivity index (χ2v) is 9.06. The van der Waals surface area contributed by atoms with E-state index in [2.05, 4.69) is 11.4 Å². The zero-order valence-electron chi connectivity index (χ0n) is 17.0. The number of nitrogens with zero attached hydrogens (tertiary/aromatic N) is 2. The molecule has 2 saturated heterocycles. The number of thiophene rings is 1. The van der Waals surface area contributed by atoms with Gasteiger partial charge in [-0.1, -0.05) is 0 Å². The molecule has 2 fully saturated rings. The molecule has 5 rings (SSSR count). The van der Waals surface area contributed by atoms with Crippen LogP contribution in [-0.4, -0.2) is 67.6 Å². The SMILES string of the molecule is O=C(c1ccc(C(=O)N2CCC3(CC2)OCCc2ccsc23)cc1)N1CCOCC1. The zero-order chi connectivity index (χ0) is 20.6. The normalized spacial score (nSPS) is 20.8. The predicted molar refractivity (Wildman–Crippen MR) is 114 cm³/mol. The van der Waals surface area contributed by atoms with Crippen molar-refractivity contribution in [2.45, 2.75) is 24.9 Å². The Kier molecular flexibility index (Phi) is 5.35. The maximum absolute atomic E-state index is 13.0. The molecule has 1 spiro atoms. The quantitative estimate of drug-likeness (QED) is 0.741. The number of likely N-dealkylation sites (tertiary alicyclic amines) is 1. The van der Waals surface area contributed by atoms with Crippen LogP contribution in [0, 0.1) is 0 Å². The zero-order valence-corrected chi connectivity index (χ0v) is 17.8. The van der Waals surface area contributed by atoms with E-state index < -0.39 is 0 Å². The average Bonchev–Trinajstić information content (AvgIpc) is 3.30. The summed E-state index contributed by atoms with van der Waals surface area (Å²) >= 11 is 1.78. The lowest BCUT2D eigenvalue weighted by atomic mass is 9.85. The molecule has 0 aliphatic carbocycles. The molecule has 0 unspecified atom stereocenters. The Hall–Kier alpha value is -2.22. The molecule has 3 aliphatic rings. The third-order valence-electron chi connectivity index (χ3n) is 6.45. The van der Waals surface area contributed by atoms with Crippen LogP contribution in [0.5, 0.6) is 0 Å². The number of carbonyl (C=O) groups excluding carboxylic acids is 2. The summed E-state index contributed by atoms with van der Waals surface area (Å²) in [6.07, 6.45) is 2.65. The summed E-state index contributed by atoms with van der Waals surface area (Å²) < 4.78 is 11.6. The second-order valence-electron chi connectivity index (χ2n) is 8.14. The van der Waals surface area contributed by atoms with Gasteiger partial charge in [-0.05, 0) is 60.5 Å². The largest absolute Gasteiger partial charge is 0.378 e. The molecule has 0 bridgehead atoms. The summed E-state index contributed by atoms with van der Waals surface area (Å²) in [5, 5.41) is 2.15. The lowest BCUT2D eigenvalue weighted by molar-refractivity contribution is -0.0906. The van der Waals surface area contributed by atoms with Gasteiger partial charge in [-0.2, -0.15) is 0 Å². The molecule has 0 N–H and O–H groups in total. The minimum Gasteiger partial charge on any atom is -0.378 e. The smallest absolute Gasteiger partial charge is 0.254 e. The molecule has 4 heterocycles. The first-order chi connectivity index (χ1) is 14.7. The second kappa shape index (κ2) is 8.13. The monoisotopic (exact) mass is 426 g/mol. The highest BCUT2D eigenvalue weighted by molar-refractivity contribution is 7.10. The number of carbonyl (C=O) groups is 2. The van der Waals surface area contributed by atoms with E-state index in [-0.39, 0.29) is 17.4 Å². The van der Waals surface area contributed by atoms with E-state index in [4.69, 9.17) is 9.47 Å². The number of ether oxygens (including phenoxy) is 2. The molecule has 3 aliphatic heterocycles. The van der Waals surface area contributed by atoms with Crippen molar-refractivity contribution in [3.63, 3.8) is 0 Å². The van der Waals surface area contributed by atoms with E-state index in [1.165, 1.54) is 10.4 Å². The summed E-state index contributed by atoms with van der Waals surface area (Å²) in [7, 11) is 0. The number of fused-ring (bicyclic) bond motifs is 2. The Morgan fingerprint density at radius 3 is 2.07 bits per heavy atom. The van der Waals surface area contributed by atoms with Gasteiger partial charge in [-0.25, -0.2) is 0 Å². The van der Waals surface area contributed by atoms with Gasteiger partial charge in [0.25, 0.3) is 11.8 Å². The van der Waals surface area contributed by atoms with Crippen LogP contribution < -0.4 is 0 Å². The number of piperidine rings is 1. The van der Waals surface area contributed by atoms with Gasteiger partial charge in [0, 0.05) is 42.2 Å². The maximum atomic E-state index is 13.0. The number of hydrogen-bond acceptors (Lipinski definition) is 5. The van der Waals surface area contributed by atoms with E-state index in [1.807, 2.05) is 4.90 Å².